The number of hydrogen-bond acceptors (Lipinski definition) is 3. The molecule has 0 fully saturated rings. The molecule has 0 heterocycles. The Hall–Kier alpha value is -2.42. The smallest absolute Gasteiger partial charge is 0.152 e. The normalized spacial score (nSPS) is 8.71. The van der Waals surface area contributed by atoms with Crippen LogP contribution < -0.4 is 5.73 Å². The number of nitrogen functional groups attached to an aromatic ring is 1. The van der Waals surface area contributed by atoms with Crippen LogP contribution in [-0.4, -0.2) is 12.6 Å². The number of carbonyl (C=O) groups is 2. The van der Waals surface area contributed by atoms with Crippen LogP contribution in [0.5, 0.6) is 0 Å². The third-order valence-corrected chi connectivity index (χ3v) is 2.06. The summed E-state index contributed by atoms with van der Waals surface area (Å²) >= 11 is 0. The summed E-state index contributed by atoms with van der Waals surface area (Å²) in [5.74, 6) is 0. The van der Waals surface area contributed by atoms with Crippen molar-refractivity contribution in [1.82, 2.24) is 0 Å². The minimum Gasteiger partial charge on any atom is -0.398 e. The first-order valence-corrected chi connectivity index (χ1v) is 5.08. The molecule has 0 radical (unpaired) electrons. The van der Waals surface area contributed by atoms with Crippen molar-refractivity contribution in [2.75, 3.05) is 5.73 Å². The Morgan fingerprint density at radius 1 is 0.765 bits per heavy atom. The molecule has 2 rings (SSSR count). The van der Waals surface area contributed by atoms with Gasteiger partial charge in [-0.2, -0.15) is 0 Å². The molecule has 0 saturated carbocycles. The first kappa shape index (κ1) is 12.6. The van der Waals surface area contributed by atoms with Gasteiger partial charge < -0.3 is 5.73 Å². The van der Waals surface area contributed by atoms with Gasteiger partial charge in [0.2, 0.25) is 0 Å². The summed E-state index contributed by atoms with van der Waals surface area (Å²) in [7, 11) is 0. The van der Waals surface area contributed by atoms with Crippen molar-refractivity contribution in [3.8, 4) is 0 Å². The Morgan fingerprint density at radius 2 is 1.35 bits per heavy atom. The summed E-state index contributed by atoms with van der Waals surface area (Å²) in [5, 5.41) is 0. The fourth-order valence-electron chi connectivity index (χ4n) is 1.15. The number of rotatable bonds is 2. The average Bonchev–Trinajstić information content (AvgIpc) is 2.41. The van der Waals surface area contributed by atoms with Gasteiger partial charge in [0.25, 0.3) is 0 Å². The Bertz CT molecular complexity index is 481. The molecule has 0 unspecified atom stereocenters. The van der Waals surface area contributed by atoms with E-state index in [9.17, 15) is 9.59 Å². The van der Waals surface area contributed by atoms with E-state index >= 15 is 0 Å². The van der Waals surface area contributed by atoms with Crippen LogP contribution in [0, 0.1) is 0 Å². The molecule has 3 nitrogen and oxygen atoms in total. The minimum absolute atomic E-state index is 0.535. The van der Waals surface area contributed by atoms with Crippen LogP contribution in [0.15, 0.2) is 54.6 Å². The lowest BCUT2D eigenvalue weighted by molar-refractivity contribution is 0.111. The number of hydrogen-bond donors (Lipinski definition) is 1. The molecular weight excluding hydrogens is 214 g/mol. The SMILES string of the molecule is Nc1ccccc1C=O.O=Cc1ccccc1. The van der Waals surface area contributed by atoms with E-state index in [0.29, 0.717) is 11.3 Å². The van der Waals surface area contributed by atoms with Crippen LogP contribution in [0.3, 0.4) is 0 Å². The van der Waals surface area contributed by atoms with Crippen molar-refractivity contribution >= 4 is 18.3 Å². The fourth-order valence-corrected chi connectivity index (χ4v) is 1.15. The molecule has 0 aliphatic carbocycles. The Balaban J connectivity index is 0.000000171. The maximum Gasteiger partial charge on any atom is 0.152 e. The van der Waals surface area contributed by atoms with Gasteiger partial charge in [0.15, 0.2) is 6.29 Å². The van der Waals surface area contributed by atoms with Crippen LogP contribution in [0.2, 0.25) is 0 Å². The second kappa shape index (κ2) is 6.95. The van der Waals surface area contributed by atoms with E-state index in [1.807, 2.05) is 18.2 Å². The zero-order valence-corrected chi connectivity index (χ0v) is 9.24. The van der Waals surface area contributed by atoms with Crippen molar-refractivity contribution in [1.29, 1.82) is 0 Å². The highest BCUT2D eigenvalue weighted by atomic mass is 16.1. The van der Waals surface area contributed by atoms with E-state index in [0.717, 1.165) is 18.1 Å². The predicted molar refractivity (Wildman–Crippen MR) is 68.1 cm³/mol. The van der Waals surface area contributed by atoms with E-state index < -0.39 is 0 Å². The number of aldehydes is 2. The lowest BCUT2D eigenvalue weighted by atomic mass is 10.2. The molecule has 2 aromatic rings. The van der Waals surface area contributed by atoms with E-state index in [1.54, 1.807) is 36.4 Å². The average molecular weight is 227 g/mol. The molecule has 17 heavy (non-hydrogen) atoms. The van der Waals surface area contributed by atoms with Gasteiger partial charge in [0, 0.05) is 16.8 Å². The highest BCUT2D eigenvalue weighted by molar-refractivity contribution is 5.82. The van der Waals surface area contributed by atoms with Crippen molar-refractivity contribution in [3.05, 3.63) is 65.7 Å². The minimum atomic E-state index is 0.535. The van der Waals surface area contributed by atoms with Crippen LogP contribution in [0.25, 0.3) is 0 Å². The van der Waals surface area contributed by atoms with Crippen LogP contribution in [-0.2, 0) is 0 Å². The van der Waals surface area contributed by atoms with Crippen LogP contribution in [0.4, 0.5) is 5.69 Å². The van der Waals surface area contributed by atoms with E-state index in [2.05, 4.69) is 0 Å². The van der Waals surface area contributed by atoms with Gasteiger partial charge in [-0.05, 0) is 12.1 Å². The second-order valence-electron chi connectivity index (χ2n) is 3.28. The Morgan fingerprint density at radius 3 is 1.76 bits per heavy atom. The van der Waals surface area contributed by atoms with Gasteiger partial charge in [0.1, 0.15) is 6.29 Å². The first-order chi connectivity index (χ1) is 8.27. The van der Waals surface area contributed by atoms with Gasteiger partial charge in [-0.1, -0.05) is 42.5 Å². The van der Waals surface area contributed by atoms with Crippen LogP contribution >= 0.6 is 0 Å². The quantitative estimate of drug-likeness (QED) is 0.633. The number of para-hydroxylation sites is 1. The molecule has 0 spiro atoms. The molecule has 2 N–H and O–H groups in total. The summed E-state index contributed by atoms with van der Waals surface area (Å²) < 4.78 is 0. The molecule has 2 aromatic carbocycles. The molecule has 0 saturated heterocycles. The molecule has 0 amide bonds. The zero-order chi connectivity index (χ0) is 12.5. The van der Waals surface area contributed by atoms with Gasteiger partial charge in [-0.3, -0.25) is 9.59 Å². The summed E-state index contributed by atoms with van der Waals surface area (Å²) in [6.45, 7) is 0. The molecule has 0 atom stereocenters. The topological polar surface area (TPSA) is 60.2 Å². The van der Waals surface area contributed by atoms with E-state index in [4.69, 9.17) is 5.73 Å². The van der Waals surface area contributed by atoms with Gasteiger partial charge in [-0.25, -0.2) is 0 Å². The summed E-state index contributed by atoms with van der Waals surface area (Å²) in [6.07, 6.45) is 1.58. The summed E-state index contributed by atoms with van der Waals surface area (Å²) in [6, 6.07) is 16.1. The molecule has 86 valence electrons. The number of anilines is 1. The lowest BCUT2D eigenvalue weighted by Gasteiger charge is -1.92. The Labute approximate surface area is 99.9 Å². The Kier molecular flexibility index (Phi) is 5.17. The largest absolute Gasteiger partial charge is 0.398 e. The third-order valence-electron chi connectivity index (χ3n) is 2.06. The van der Waals surface area contributed by atoms with Gasteiger partial charge in [0.05, 0.1) is 0 Å². The lowest BCUT2D eigenvalue weighted by Crippen LogP contribution is -1.90. The van der Waals surface area contributed by atoms with Gasteiger partial charge >= 0.3 is 0 Å². The standard InChI is InChI=1S/C7H7NO.C7H6O/c8-7-4-2-1-3-6(7)5-9;8-6-7-4-2-1-3-5-7/h1-5H,8H2;1-6H. The summed E-state index contributed by atoms with van der Waals surface area (Å²) in [4.78, 5) is 20.2. The zero-order valence-electron chi connectivity index (χ0n) is 9.24. The number of benzene rings is 2. The summed E-state index contributed by atoms with van der Waals surface area (Å²) in [5.41, 5.74) is 7.22. The van der Waals surface area contributed by atoms with Crippen molar-refractivity contribution in [3.63, 3.8) is 0 Å². The maximum absolute atomic E-state index is 10.1. The molecule has 0 aliphatic rings. The van der Waals surface area contributed by atoms with Crippen LogP contribution in [0.1, 0.15) is 20.7 Å². The number of nitrogens with two attached hydrogens (primary N) is 1. The van der Waals surface area contributed by atoms with Gasteiger partial charge in [-0.15, -0.1) is 0 Å². The molecule has 0 aliphatic heterocycles. The highest BCUT2D eigenvalue weighted by Gasteiger charge is 1.90. The molecule has 0 bridgehead atoms. The highest BCUT2D eigenvalue weighted by Crippen LogP contribution is 2.05. The van der Waals surface area contributed by atoms with Crippen molar-refractivity contribution in [2.24, 2.45) is 0 Å². The molecule has 0 aromatic heterocycles. The van der Waals surface area contributed by atoms with Crippen molar-refractivity contribution in [2.45, 2.75) is 0 Å². The van der Waals surface area contributed by atoms with E-state index in [1.165, 1.54) is 0 Å². The monoisotopic (exact) mass is 227 g/mol. The molecular formula is C14H13NO2. The predicted octanol–water partition coefficient (Wildman–Crippen LogP) is 2.58. The second-order valence-corrected chi connectivity index (χ2v) is 3.28. The first-order valence-electron chi connectivity index (χ1n) is 5.08. The van der Waals surface area contributed by atoms with Crippen molar-refractivity contribution < 1.29 is 9.59 Å². The molecule has 3 heteroatoms. The fraction of sp³-hybridized carbons (Fsp3) is 0. The van der Waals surface area contributed by atoms with E-state index in [-0.39, 0.29) is 0 Å². The maximum atomic E-state index is 10.1. The third kappa shape index (κ3) is 4.30. The number of carbonyl (C=O) groups excluding carboxylic acids is 2.